The second-order valence-electron chi connectivity index (χ2n) is 5.01. The summed E-state index contributed by atoms with van der Waals surface area (Å²) in [7, 11) is 2.08. The van der Waals surface area contributed by atoms with Crippen LogP contribution in [0.25, 0.3) is 0 Å². The molecule has 1 aromatic rings. The summed E-state index contributed by atoms with van der Waals surface area (Å²) < 4.78 is 0. The summed E-state index contributed by atoms with van der Waals surface area (Å²) in [6.07, 6.45) is 5.05. The molecule has 94 valence electrons. The molecule has 1 aromatic heterocycles. The van der Waals surface area contributed by atoms with Crippen molar-refractivity contribution >= 4 is 23.0 Å². The van der Waals surface area contributed by atoms with Crippen molar-refractivity contribution in [3.05, 3.63) is 16.3 Å². The van der Waals surface area contributed by atoms with E-state index in [0.29, 0.717) is 10.9 Å². The van der Waals surface area contributed by atoms with E-state index < -0.39 is 5.97 Å². The van der Waals surface area contributed by atoms with Gasteiger partial charge in [0.1, 0.15) is 4.88 Å². The van der Waals surface area contributed by atoms with Crippen molar-refractivity contribution in [3.63, 3.8) is 0 Å². The predicted octanol–water partition coefficient (Wildman–Crippen LogP) is 3.46. The molecule has 1 aliphatic carbocycles. The van der Waals surface area contributed by atoms with Crippen LogP contribution < -0.4 is 4.90 Å². The summed E-state index contributed by atoms with van der Waals surface area (Å²) in [6.45, 7) is 2.30. The molecule has 0 radical (unpaired) electrons. The molecule has 1 fully saturated rings. The molecule has 1 aliphatic rings. The number of nitrogens with zero attached hydrogens (tertiary/aromatic N) is 1. The molecule has 0 saturated heterocycles. The maximum atomic E-state index is 10.9. The highest BCUT2D eigenvalue weighted by atomic mass is 32.1. The van der Waals surface area contributed by atoms with Gasteiger partial charge in [-0.05, 0) is 24.8 Å². The number of anilines is 1. The van der Waals surface area contributed by atoms with E-state index in [1.54, 1.807) is 6.07 Å². The van der Waals surface area contributed by atoms with Crippen LogP contribution in [0.1, 0.15) is 42.3 Å². The van der Waals surface area contributed by atoms with E-state index in [1.165, 1.54) is 37.0 Å². The van der Waals surface area contributed by atoms with Gasteiger partial charge in [0.15, 0.2) is 0 Å². The van der Waals surface area contributed by atoms with Gasteiger partial charge in [-0.2, -0.15) is 0 Å². The number of hydrogen-bond acceptors (Lipinski definition) is 3. The Kier molecular flexibility index (Phi) is 3.72. The van der Waals surface area contributed by atoms with Gasteiger partial charge >= 0.3 is 5.97 Å². The van der Waals surface area contributed by atoms with Crippen LogP contribution in [0, 0.1) is 5.92 Å². The van der Waals surface area contributed by atoms with Gasteiger partial charge in [0.05, 0.1) is 0 Å². The van der Waals surface area contributed by atoms with E-state index in [0.717, 1.165) is 11.6 Å². The normalized spacial score (nSPS) is 24.6. The van der Waals surface area contributed by atoms with E-state index in [9.17, 15) is 4.79 Å². The third kappa shape index (κ3) is 2.80. The average molecular weight is 253 g/mol. The van der Waals surface area contributed by atoms with Crippen molar-refractivity contribution in [3.8, 4) is 0 Å². The molecule has 2 unspecified atom stereocenters. The van der Waals surface area contributed by atoms with Crippen LogP contribution >= 0.6 is 11.3 Å². The lowest BCUT2D eigenvalue weighted by Crippen LogP contribution is -2.35. The molecule has 3 nitrogen and oxygen atoms in total. The molecule has 2 rings (SSSR count). The van der Waals surface area contributed by atoms with Crippen LogP contribution in [-0.2, 0) is 0 Å². The number of aromatic carboxylic acids is 1. The lowest BCUT2D eigenvalue weighted by Gasteiger charge is -2.35. The summed E-state index contributed by atoms with van der Waals surface area (Å²) in [6, 6.07) is 2.35. The second-order valence-corrected chi connectivity index (χ2v) is 5.92. The zero-order chi connectivity index (χ0) is 12.4. The lowest BCUT2D eigenvalue weighted by atomic mass is 9.86. The minimum Gasteiger partial charge on any atom is -0.477 e. The summed E-state index contributed by atoms with van der Waals surface area (Å²) in [4.78, 5) is 13.5. The van der Waals surface area contributed by atoms with Crippen LogP contribution in [0.2, 0.25) is 0 Å². The average Bonchev–Trinajstić information content (AvgIpc) is 2.77. The Hall–Kier alpha value is -1.03. The van der Waals surface area contributed by atoms with E-state index in [-0.39, 0.29) is 0 Å². The molecule has 2 atom stereocenters. The molecular formula is C13H19NO2S. The fraction of sp³-hybridized carbons (Fsp3) is 0.615. The van der Waals surface area contributed by atoms with E-state index in [4.69, 9.17) is 5.11 Å². The molecule has 1 N–H and O–H groups in total. The third-order valence-corrected chi connectivity index (χ3v) is 4.57. The van der Waals surface area contributed by atoms with Gasteiger partial charge in [0, 0.05) is 24.2 Å². The zero-order valence-electron chi connectivity index (χ0n) is 10.3. The van der Waals surface area contributed by atoms with Crippen molar-refractivity contribution in [2.75, 3.05) is 11.9 Å². The summed E-state index contributed by atoms with van der Waals surface area (Å²) in [5.41, 5.74) is 1.05. The highest BCUT2D eigenvalue weighted by Crippen LogP contribution is 2.31. The molecule has 0 spiro atoms. The first-order chi connectivity index (χ1) is 8.08. The molecule has 17 heavy (non-hydrogen) atoms. The fourth-order valence-corrected chi connectivity index (χ4v) is 3.36. The second kappa shape index (κ2) is 5.08. The van der Waals surface area contributed by atoms with Crippen molar-refractivity contribution in [2.45, 2.75) is 38.6 Å². The van der Waals surface area contributed by atoms with Crippen molar-refractivity contribution in [1.29, 1.82) is 0 Å². The number of hydrogen-bond donors (Lipinski definition) is 1. The molecular weight excluding hydrogens is 234 g/mol. The van der Waals surface area contributed by atoms with Crippen molar-refractivity contribution < 1.29 is 9.90 Å². The minimum absolute atomic E-state index is 0.427. The molecule has 4 heteroatoms. The number of thiophene rings is 1. The maximum absolute atomic E-state index is 10.9. The van der Waals surface area contributed by atoms with E-state index in [1.807, 2.05) is 5.38 Å². The first kappa shape index (κ1) is 12.4. The first-order valence-electron chi connectivity index (χ1n) is 6.12. The highest BCUT2D eigenvalue weighted by Gasteiger charge is 2.23. The minimum atomic E-state index is -0.827. The fourth-order valence-electron chi connectivity index (χ4n) is 2.59. The SMILES string of the molecule is CC1CCCC(N(C)c2csc(C(=O)O)c2)C1. The quantitative estimate of drug-likeness (QED) is 0.896. The standard InChI is InChI=1S/C13H19NO2S/c1-9-4-3-5-10(6-9)14(2)11-7-12(13(15)16)17-8-11/h7-10H,3-6H2,1-2H3,(H,15,16). The van der Waals surface area contributed by atoms with E-state index in [2.05, 4.69) is 18.9 Å². The third-order valence-electron chi connectivity index (χ3n) is 3.66. The van der Waals surface area contributed by atoms with Gasteiger partial charge in [0.25, 0.3) is 0 Å². The Morgan fingerprint density at radius 3 is 2.88 bits per heavy atom. The van der Waals surface area contributed by atoms with Gasteiger partial charge in [-0.15, -0.1) is 11.3 Å². The molecule has 0 aliphatic heterocycles. The Balaban J connectivity index is 2.07. The van der Waals surface area contributed by atoms with Gasteiger partial charge in [-0.25, -0.2) is 4.79 Å². The summed E-state index contributed by atoms with van der Waals surface area (Å²) >= 11 is 1.31. The largest absolute Gasteiger partial charge is 0.477 e. The van der Waals surface area contributed by atoms with Crippen LogP contribution in [0.5, 0.6) is 0 Å². The number of rotatable bonds is 3. The van der Waals surface area contributed by atoms with Gasteiger partial charge < -0.3 is 10.0 Å². The Bertz CT molecular complexity index is 402. The zero-order valence-corrected chi connectivity index (χ0v) is 11.2. The smallest absolute Gasteiger partial charge is 0.345 e. The summed E-state index contributed by atoms with van der Waals surface area (Å²) in [5.74, 6) is -0.0413. The Morgan fingerprint density at radius 1 is 1.53 bits per heavy atom. The molecule has 1 saturated carbocycles. The van der Waals surface area contributed by atoms with Gasteiger partial charge in [0.2, 0.25) is 0 Å². The molecule has 1 heterocycles. The Labute approximate surface area is 106 Å². The predicted molar refractivity (Wildman–Crippen MR) is 71.1 cm³/mol. The van der Waals surface area contributed by atoms with Crippen molar-refractivity contribution in [1.82, 2.24) is 0 Å². The summed E-state index contributed by atoms with van der Waals surface area (Å²) in [5, 5.41) is 10.9. The van der Waals surface area contributed by atoms with Crippen molar-refractivity contribution in [2.24, 2.45) is 5.92 Å². The first-order valence-corrected chi connectivity index (χ1v) is 7.00. The van der Waals surface area contributed by atoms with Gasteiger partial charge in [-0.3, -0.25) is 0 Å². The number of carboxylic acids is 1. The maximum Gasteiger partial charge on any atom is 0.345 e. The van der Waals surface area contributed by atoms with E-state index >= 15 is 0 Å². The molecule has 0 aromatic carbocycles. The Morgan fingerprint density at radius 2 is 2.29 bits per heavy atom. The highest BCUT2D eigenvalue weighted by molar-refractivity contribution is 7.12. The van der Waals surface area contributed by atoms with Gasteiger partial charge in [-0.1, -0.05) is 19.8 Å². The van der Waals surface area contributed by atoms with Crippen LogP contribution in [0.3, 0.4) is 0 Å². The topological polar surface area (TPSA) is 40.5 Å². The van der Waals surface area contributed by atoms with Crippen LogP contribution in [0.15, 0.2) is 11.4 Å². The van der Waals surface area contributed by atoms with Crippen LogP contribution in [0.4, 0.5) is 5.69 Å². The molecule has 0 amide bonds. The van der Waals surface area contributed by atoms with Crippen LogP contribution in [-0.4, -0.2) is 24.2 Å². The monoisotopic (exact) mass is 253 g/mol. The number of carboxylic acid groups (broad SMARTS) is 1. The lowest BCUT2D eigenvalue weighted by molar-refractivity contribution is 0.0702. The molecule has 0 bridgehead atoms. The number of carbonyl (C=O) groups is 1.